The van der Waals surface area contributed by atoms with E-state index in [1.165, 1.54) is 12.1 Å². The molecule has 0 saturated carbocycles. The summed E-state index contributed by atoms with van der Waals surface area (Å²) in [6.07, 6.45) is 0. The van der Waals surface area contributed by atoms with Gasteiger partial charge in [-0.15, -0.1) is 0 Å². The molecule has 0 aromatic heterocycles. The van der Waals surface area contributed by atoms with Crippen molar-refractivity contribution in [3.63, 3.8) is 0 Å². The van der Waals surface area contributed by atoms with E-state index in [4.69, 9.17) is 0 Å². The van der Waals surface area contributed by atoms with Crippen molar-refractivity contribution in [1.82, 2.24) is 4.72 Å². The summed E-state index contributed by atoms with van der Waals surface area (Å²) in [5.41, 5.74) is 4.69. The molecule has 0 aliphatic carbocycles. The predicted octanol–water partition coefficient (Wildman–Crippen LogP) is -0.605. The van der Waals surface area contributed by atoms with Crippen LogP contribution < -0.4 is 10.5 Å². The topological polar surface area (TPSA) is 89.3 Å². The molecule has 5 nitrogen and oxygen atoms in total. The number of urea groups is 1. The monoisotopic (exact) mass is 224 g/mol. The van der Waals surface area contributed by atoms with Crippen LogP contribution in [-0.4, -0.2) is 44.0 Å². The summed E-state index contributed by atoms with van der Waals surface area (Å²) in [7, 11) is -3.78. The molecule has 1 rings (SSSR count). The fraction of sp³-hybridized carbons (Fsp3) is 0. The van der Waals surface area contributed by atoms with Gasteiger partial charge in [0.1, 0.15) is 0 Å². The van der Waals surface area contributed by atoms with E-state index in [0.717, 1.165) is 0 Å². The van der Waals surface area contributed by atoms with Crippen LogP contribution in [0.4, 0.5) is 4.79 Å². The Bertz CT molecular complexity index is 404. The molecule has 1 aromatic rings. The van der Waals surface area contributed by atoms with Crippen LogP contribution in [0.15, 0.2) is 35.2 Å². The second-order valence-electron chi connectivity index (χ2n) is 2.28. The van der Waals surface area contributed by atoms with E-state index in [0.29, 0.717) is 0 Å². The number of carbonyl (C=O) groups excluding carboxylic acids is 1. The van der Waals surface area contributed by atoms with Crippen molar-refractivity contribution >= 4 is 45.6 Å². The van der Waals surface area contributed by atoms with Gasteiger partial charge in [0.15, 0.2) is 0 Å². The number of primary amides is 1. The molecular weight excluding hydrogens is 215 g/mol. The third-order valence-corrected chi connectivity index (χ3v) is 2.65. The van der Waals surface area contributed by atoms with Crippen molar-refractivity contribution in [3.8, 4) is 0 Å². The van der Waals surface area contributed by atoms with Crippen molar-refractivity contribution in [2.24, 2.45) is 5.73 Å². The summed E-state index contributed by atoms with van der Waals surface area (Å²) < 4.78 is 24.1. The maximum absolute atomic E-state index is 11.2. The Kier molecular flexibility index (Phi) is 5.14. The zero-order valence-electron chi connectivity index (χ0n) is 6.60. The molecule has 0 bridgehead atoms. The third-order valence-electron chi connectivity index (χ3n) is 1.29. The number of carbonyl (C=O) groups is 1. The van der Waals surface area contributed by atoms with Crippen LogP contribution in [0.5, 0.6) is 0 Å². The number of nitrogens with two attached hydrogens (primary N) is 1. The molecule has 0 atom stereocenters. The van der Waals surface area contributed by atoms with E-state index >= 15 is 0 Å². The van der Waals surface area contributed by atoms with Crippen LogP contribution in [0, 0.1) is 0 Å². The van der Waals surface area contributed by atoms with Gasteiger partial charge in [0.2, 0.25) is 0 Å². The molecule has 0 radical (unpaired) electrons. The van der Waals surface area contributed by atoms with Gasteiger partial charge in [0.05, 0.1) is 4.90 Å². The Balaban J connectivity index is 0.00000169. The molecule has 3 N–H and O–H groups in total. The Morgan fingerprint density at radius 3 is 2.14 bits per heavy atom. The van der Waals surface area contributed by atoms with E-state index < -0.39 is 16.1 Å². The quantitative estimate of drug-likeness (QED) is 0.657. The van der Waals surface area contributed by atoms with Gasteiger partial charge < -0.3 is 5.73 Å². The van der Waals surface area contributed by atoms with Crippen molar-refractivity contribution in [3.05, 3.63) is 30.3 Å². The number of nitrogens with one attached hydrogen (secondary N) is 1. The number of sulfonamides is 1. The van der Waals surface area contributed by atoms with Gasteiger partial charge in [-0.3, -0.25) is 0 Å². The molecule has 0 saturated heterocycles. The first-order valence-corrected chi connectivity index (χ1v) is 4.88. The van der Waals surface area contributed by atoms with Gasteiger partial charge in [-0.1, -0.05) is 18.2 Å². The van der Waals surface area contributed by atoms with Crippen molar-refractivity contribution in [2.45, 2.75) is 4.90 Å². The predicted molar refractivity (Wildman–Crippen MR) is 53.5 cm³/mol. The molecule has 0 heterocycles. The van der Waals surface area contributed by atoms with Crippen LogP contribution in [0.2, 0.25) is 0 Å². The summed E-state index contributed by atoms with van der Waals surface area (Å²) in [6, 6.07) is 6.41. The molecule has 2 amide bonds. The summed E-state index contributed by atoms with van der Waals surface area (Å²) in [6.45, 7) is 0. The average molecular weight is 224 g/mol. The zero-order valence-corrected chi connectivity index (χ0v) is 7.41. The molecule has 0 fully saturated rings. The second-order valence-corrected chi connectivity index (χ2v) is 3.97. The minimum absolute atomic E-state index is 0. The molecule has 1 aromatic carbocycles. The Morgan fingerprint density at radius 1 is 1.21 bits per heavy atom. The van der Waals surface area contributed by atoms with E-state index in [9.17, 15) is 13.2 Å². The third kappa shape index (κ3) is 3.67. The number of hydrogen-bond donors (Lipinski definition) is 2. The number of rotatable bonds is 2. The Morgan fingerprint density at radius 2 is 1.71 bits per heavy atom. The summed E-state index contributed by atoms with van der Waals surface area (Å²) in [5, 5.41) is 0. The van der Waals surface area contributed by atoms with Gasteiger partial charge >= 0.3 is 35.6 Å². The van der Waals surface area contributed by atoms with Gasteiger partial charge in [-0.05, 0) is 12.1 Å². The van der Waals surface area contributed by atoms with Crippen LogP contribution >= 0.6 is 0 Å². The molecule has 0 aliphatic heterocycles. The summed E-state index contributed by atoms with van der Waals surface area (Å²) in [5.74, 6) is 0. The van der Waals surface area contributed by atoms with Crippen LogP contribution in [0.3, 0.4) is 0 Å². The normalized spacial score (nSPS) is 10.0. The molecular formula is C7H9N2NaO3S. The summed E-state index contributed by atoms with van der Waals surface area (Å²) >= 11 is 0. The molecule has 72 valence electrons. The fourth-order valence-corrected chi connectivity index (χ4v) is 1.69. The molecule has 0 aliphatic rings. The number of benzene rings is 1. The van der Waals surface area contributed by atoms with Crippen molar-refractivity contribution in [1.29, 1.82) is 0 Å². The Hall–Kier alpha value is -0.560. The van der Waals surface area contributed by atoms with Crippen LogP contribution in [-0.2, 0) is 10.0 Å². The van der Waals surface area contributed by atoms with E-state index in [1.54, 1.807) is 22.9 Å². The first kappa shape index (κ1) is 13.4. The van der Waals surface area contributed by atoms with E-state index in [1.807, 2.05) is 0 Å². The van der Waals surface area contributed by atoms with Gasteiger partial charge in [0, 0.05) is 0 Å². The zero-order chi connectivity index (χ0) is 9.90. The first-order valence-electron chi connectivity index (χ1n) is 3.40. The molecule has 0 spiro atoms. The minimum atomic E-state index is -3.78. The fourth-order valence-electron chi connectivity index (χ4n) is 0.791. The molecule has 0 unspecified atom stereocenters. The Labute approximate surface area is 104 Å². The van der Waals surface area contributed by atoms with E-state index in [-0.39, 0.29) is 34.5 Å². The van der Waals surface area contributed by atoms with E-state index in [2.05, 4.69) is 5.73 Å². The second kappa shape index (κ2) is 5.35. The van der Waals surface area contributed by atoms with Crippen LogP contribution in [0.1, 0.15) is 0 Å². The van der Waals surface area contributed by atoms with Crippen molar-refractivity contribution in [2.75, 3.05) is 0 Å². The molecule has 14 heavy (non-hydrogen) atoms. The standard InChI is InChI=1S/C7H8N2O3S.Na.H/c8-7(10)9-13(11,12)6-4-2-1-3-5-6;;/h1-5H,(H3,8,9,10);;. The maximum atomic E-state index is 11.2. The molecule has 7 heteroatoms. The van der Waals surface area contributed by atoms with Gasteiger partial charge in [-0.2, -0.15) is 0 Å². The first-order chi connectivity index (χ1) is 6.02. The average Bonchev–Trinajstić information content (AvgIpc) is 2.04. The van der Waals surface area contributed by atoms with Crippen LogP contribution in [0.25, 0.3) is 0 Å². The number of hydrogen-bond acceptors (Lipinski definition) is 3. The number of amides is 2. The van der Waals surface area contributed by atoms with Gasteiger partial charge in [0.25, 0.3) is 10.0 Å². The summed E-state index contributed by atoms with van der Waals surface area (Å²) in [4.78, 5) is 10.3. The van der Waals surface area contributed by atoms with Gasteiger partial charge in [-0.25, -0.2) is 17.9 Å². The SMILES string of the molecule is NC(=O)NS(=O)(=O)c1ccccc1.[NaH]. The van der Waals surface area contributed by atoms with Crippen molar-refractivity contribution < 1.29 is 13.2 Å².